The summed E-state index contributed by atoms with van der Waals surface area (Å²) < 4.78 is 5.58. The number of nitrogens with zero attached hydrogens (tertiary/aromatic N) is 1. The molecule has 1 fully saturated rings. The predicted molar refractivity (Wildman–Crippen MR) is 64.8 cm³/mol. The summed E-state index contributed by atoms with van der Waals surface area (Å²) in [5, 5.41) is 3.37. The van der Waals surface area contributed by atoms with E-state index in [4.69, 9.17) is 4.74 Å². The van der Waals surface area contributed by atoms with Gasteiger partial charge in [0.25, 0.3) is 0 Å². The van der Waals surface area contributed by atoms with E-state index in [0.29, 0.717) is 5.92 Å². The summed E-state index contributed by atoms with van der Waals surface area (Å²) >= 11 is 0. The van der Waals surface area contributed by atoms with Crippen molar-refractivity contribution < 1.29 is 4.74 Å². The van der Waals surface area contributed by atoms with Gasteiger partial charge in [0, 0.05) is 11.6 Å². The van der Waals surface area contributed by atoms with Gasteiger partial charge in [-0.05, 0) is 51.9 Å². The third-order valence-corrected chi connectivity index (χ3v) is 2.89. The van der Waals surface area contributed by atoms with Crippen LogP contribution in [0.4, 0.5) is 0 Å². The molecule has 0 amide bonds. The highest BCUT2D eigenvalue weighted by molar-refractivity contribution is 5.22. The summed E-state index contributed by atoms with van der Waals surface area (Å²) in [6.07, 6.45) is 4.44. The van der Waals surface area contributed by atoms with Gasteiger partial charge in [0.1, 0.15) is 5.75 Å². The van der Waals surface area contributed by atoms with Crippen molar-refractivity contribution in [2.24, 2.45) is 0 Å². The Labute approximate surface area is 97.2 Å². The zero-order chi connectivity index (χ0) is 11.4. The number of ether oxygens (including phenoxy) is 1. The number of hydrogen-bond donors (Lipinski definition) is 1. The maximum atomic E-state index is 5.58. The zero-order valence-corrected chi connectivity index (χ0v) is 10.1. The quantitative estimate of drug-likeness (QED) is 0.849. The van der Waals surface area contributed by atoms with E-state index >= 15 is 0 Å². The van der Waals surface area contributed by atoms with Gasteiger partial charge < -0.3 is 10.1 Å². The summed E-state index contributed by atoms with van der Waals surface area (Å²) in [6.45, 7) is 6.27. The van der Waals surface area contributed by atoms with Gasteiger partial charge in [-0.25, -0.2) is 0 Å². The van der Waals surface area contributed by atoms with E-state index in [-0.39, 0.29) is 6.10 Å². The molecule has 1 aliphatic rings. The highest BCUT2D eigenvalue weighted by Gasteiger charge is 2.16. The second kappa shape index (κ2) is 5.30. The van der Waals surface area contributed by atoms with E-state index in [9.17, 15) is 0 Å². The van der Waals surface area contributed by atoms with Crippen LogP contribution in [0.1, 0.15) is 38.3 Å². The minimum Gasteiger partial charge on any atom is -0.489 e. The smallest absolute Gasteiger partial charge is 0.137 e. The van der Waals surface area contributed by atoms with Gasteiger partial charge in [-0.15, -0.1) is 0 Å². The van der Waals surface area contributed by atoms with E-state index in [1.807, 2.05) is 26.1 Å². The number of piperidine rings is 1. The predicted octanol–water partition coefficient (Wildman–Crippen LogP) is 2.34. The molecule has 3 nitrogen and oxygen atoms in total. The van der Waals surface area contributed by atoms with Crippen molar-refractivity contribution in [3.8, 4) is 5.75 Å². The first-order valence-electron chi connectivity index (χ1n) is 6.09. The molecule has 1 saturated heterocycles. The lowest BCUT2D eigenvalue weighted by Gasteiger charge is -2.22. The Morgan fingerprint density at radius 3 is 2.62 bits per heavy atom. The van der Waals surface area contributed by atoms with E-state index in [1.165, 1.54) is 18.5 Å². The van der Waals surface area contributed by atoms with Crippen LogP contribution in [0, 0.1) is 0 Å². The molecule has 1 aromatic heterocycles. The van der Waals surface area contributed by atoms with Crippen LogP contribution in [0.3, 0.4) is 0 Å². The molecule has 88 valence electrons. The lowest BCUT2D eigenvalue weighted by Crippen LogP contribution is -2.27. The Bertz CT molecular complexity index is 315. The van der Waals surface area contributed by atoms with Gasteiger partial charge in [0.05, 0.1) is 12.3 Å². The molecule has 0 aliphatic carbocycles. The van der Waals surface area contributed by atoms with E-state index < -0.39 is 0 Å². The van der Waals surface area contributed by atoms with Crippen LogP contribution in [0.5, 0.6) is 5.75 Å². The third-order valence-electron chi connectivity index (χ3n) is 2.89. The van der Waals surface area contributed by atoms with Crippen molar-refractivity contribution in [1.82, 2.24) is 10.3 Å². The summed E-state index contributed by atoms with van der Waals surface area (Å²) in [5.74, 6) is 1.49. The van der Waals surface area contributed by atoms with Crippen LogP contribution in [0.25, 0.3) is 0 Å². The highest BCUT2D eigenvalue weighted by Crippen LogP contribution is 2.24. The van der Waals surface area contributed by atoms with E-state index in [1.54, 1.807) is 0 Å². The Hall–Kier alpha value is -1.09. The molecule has 0 spiro atoms. The standard InChI is InChI=1S/C13H20N2O/c1-10(2)16-12-3-4-13(15-9-12)11-5-7-14-8-6-11/h3-4,9-11,14H,5-8H2,1-2H3. The molecule has 2 rings (SSSR count). The minimum atomic E-state index is 0.214. The fraction of sp³-hybridized carbons (Fsp3) is 0.615. The Morgan fingerprint density at radius 1 is 1.31 bits per heavy atom. The molecule has 0 atom stereocenters. The van der Waals surface area contributed by atoms with Gasteiger partial charge in [-0.3, -0.25) is 4.98 Å². The van der Waals surface area contributed by atoms with Gasteiger partial charge >= 0.3 is 0 Å². The van der Waals surface area contributed by atoms with Gasteiger partial charge in [-0.2, -0.15) is 0 Å². The van der Waals surface area contributed by atoms with Crippen LogP contribution in [0.2, 0.25) is 0 Å². The van der Waals surface area contributed by atoms with Crippen molar-refractivity contribution in [2.45, 2.75) is 38.7 Å². The number of pyridine rings is 1. The van der Waals surface area contributed by atoms with Crippen molar-refractivity contribution in [3.63, 3.8) is 0 Å². The summed E-state index contributed by atoms with van der Waals surface area (Å²) in [5.41, 5.74) is 1.21. The van der Waals surface area contributed by atoms with Crippen molar-refractivity contribution in [2.75, 3.05) is 13.1 Å². The molecule has 1 aliphatic heterocycles. The molecule has 1 aromatic rings. The molecule has 2 heterocycles. The lowest BCUT2D eigenvalue weighted by atomic mass is 9.94. The molecule has 0 bridgehead atoms. The molecule has 0 saturated carbocycles. The molecule has 1 N–H and O–H groups in total. The van der Waals surface area contributed by atoms with Crippen LogP contribution < -0.4 is 10.1 Å². The number of nitrogens with one attached hydrogen (secondary N) is 1. The molecular weight excluding hydrogens is 200 g/mol. The average Bonchev–Trinajstić information content (AvgIpc) is 2.30. The second-order valence-electron chi connectivity index (χ2n) is 4.61. The number of rotatable bonds is 3. The Balaban J connectivity index is 2.00. The third kappa shape index (κ3) is 2.95. The lowest BCUT2D eigenvalue weighted by molar-refractivity contribution is 0.241. The number of aromatic nitrogens is 1. The zero-order valence-electron chi connectivity index (χ0n) is 10.1. The van der Waals surface area contributed by atoms with Crippen LogP contribution in [-0.2, 0) is 0 Å². The normalized spacial score (nSPS) is 17.7. The monoisotopic (exact) mass is 220 g/mol. The molecule has 0 radical (unpaired) electrons. The van der Waals surface area contributed by atoms with Crippen molar-refractivity contribution in [3.05, 3.63) is 24.0 Å². The van der Waals surface area contributed by atoms with Gasteiger partial charge in [-0.1, -0.05) is 0 Å². The highest BCUT2D eigenvalue weighted by atomic mass is 16.5. The summed E-state index contributed by atoms with van der Waals surface area (Å²) in [6, 6.07) is 4.14. The fourth-order valence-corrected chi connectivity index (χ4v) is 2.09. The second-order valence-corrected chi connectivity index (χ2v) is 4.61. The van der Waals surface area contributed by atoms with E-state index in [0.717, 1.165) is 18.8 Å². The first-order chi connectivity index (χ1) is 7.75. The molecular formula is C13H20N2O. The largest absolute Gasteiger partial charge is 0.489 e. The first-order valence-corrected chi connectivity index (χ1v) is 6.09. The maximum Gasteiger partial charge on any atom is 0.137 e. The number of hydrogen-bond acceptors (Lipinski definition) is 3. The van der Waals surface area contributed by atoms with Gasteiger partial charge in [0.2, 0.25) is 0 Å². The summed E-state index contributed by atoms with van der Waals surface area (Å²) in [7, 11) is 0. The minimum absolute atomic E-state index is 0.214. The van der Waals surface area contributed by atoms with Gasteiger partial charge in [0.15, 0.2) is 0 Å². The fourth-order valence-electron chi connectivity index (χ4n) is 2.09. The molecule has 16 heavy (non-hydrogen) atoms. The Kier molecular flexibility index (Phi) is 3.78. The van der Waals surface area contributed by atoms with Crippen molar-refractivity contribution in [1.29, 1.82) is 0 Å². The molecule has 0 aromatic carbocycles. The molecule has 3 heteroatoms. The Morgan fingerprint density at radius 2 is 2.06 bits per heavy atom. The SMILES string of the molecule is CC(C)Oc1ccc(C2CCNCC2)nc1. The average molecular weight is 220 g/mol. The first kappa shape index (κ1) is 11.4. The van der Waals surface area contributed by atoms with Crippen molar-refractivity contribution >= 4 is 0 Å². The molecule has 0 unspecified atom stereocenters. The van der Waals surface area contributed by atoms with E-state index in [2.05, 4.69) is 16.4 Å². The van der Waals surface area contributed by atoms with Crippen LogP contribution >= 0.6 is 0 Å². The summed E-state index contributed by atoms with van der Waals surface area (Å²) in [4.78, 5) is 4.50. The topological polar surface area (TPSA) is 34.1 Å². The van der Waals surface area contributed by atoms with Crippen LogP contribution in [-0.4, -0.2) is 24.2 Å². The van der Waals surface area contributed by atoms with Crippen LogP contribution in [0.15, 0.2) is 18.3 Å². The maximum absolute atomic E-state index is 5.58.